The average molecular weight is 394 g/mol. The number of nitrogens with zero attached hydrogens (tertiary/aromatic N) is 2. The van der Waals surface area contributed by atoms with E-state index in [9.17, 15) is 13.5 Å². The van der Waals surface area contributed by atoms with Gasteiger partial charge in [0.25, 0.3) is 0 Å². The summed E-state index contributed by atoms with van der Waals surface area (Å²) in [6.45, 7) is 4.11. The van der Waals surface area contributed by atoms with Gasteiger partial charge in [-0.1, -0.05) is 25.7 Å². The van der Waals surface area contributed by atoms with Gasteiger partial charge in [-0.2, -0.15) is 4.31 Å². The molecule has 1 aromatic rings. The van der Waals surface area contributed by atoms with E-state index in [2.05, 4.69) is 23.7 Å². The zero-order chi connectivity index (χ0) is 19.7. The maximum absolute atomic E-state index is 12.5. The molecule has 0 atom stereocenters. The Labute approximate surface area is 163 Å². The number of hydrogen-bond acceptors (Lipinski definition) is 5. The number of piperazine rings is 1. The highest BCUT2D eigenvalue weighted by atomic mass is 32.2. The van der Waals surface area contributed by atoms with E-state index in [1.54, 1.807) is 7.11 Å². The van der Waals surface area contributed by atoms with Crippen LogP contribution in [0.3, 0.4) is 0 Å². The highest BCUT2D eigenvalue weighted by Gasteiger charge is 2.29. The van der Waals surface area contributed by atoms with Crippen LogP contribution in [0.2, 0.25) is 0 Å². The van der Waals surface area contributed by atoms with Gasteiger partial charge in [-0.3, -0.25) is 0 Å². The lowest BCUT2D eigenvalue weighted by Crippen LogP contribution is -2.49. The third-order valence-corrected chi connectivity index (χ3v) is 6.32. The largest absolute Gasteiger partial charge is 0.497 e. The fourth-order valence-electron chi connectivity index (χ4n) is 2.95. The zero-order valence-electron chi connectivity index (χ0n) is 16.1. The average Bonchev–Trinajstić information content (AvgIpc) is 2.67. The summed E-state index contributed by atoms with van der Waals surface area (Å²) < 4.78 is 31.6. The molecule has 149 valence electrons. The number of aliphatic hydroxyl groups is 1. The molecule has 1 radical (unpaired) electrons. The first-order valence-electron chi connectivity index (χ1n) is 9.36. The second kappa shape index (κ2) is 10.5. The molecule has 0 bridgehead atoms. The number of methoxy groups -OCH3 is 1. The molecule has 1 N–H and O–H groups in total. The van der Waals surface area contributed by atoms with E-state index in [1.807, 2.05) is 24.3 Å². The molecule has 0 spiro atoms. The van der Waals surface area contributed by atoms with Crippen LogP contribution in [0.5, 0.6) is 5.75 Å². The summed E-state index contributed by atoms with van der Waals surface area (Å²) in [5.74, 6) is 5.79. The maximum Gasteiger partial charge on any atom is 0.218 e. The highest BCUT2D eigenvalue weighted by Crippen LogP contribution is 2.21. The minimum atomic E-state index is -3.55. The minimum Gasteiger partial charge on any atom is -0.497 e. The second-order valence-electron chi connectivity index (χ2n) is 6.55. The van der Waals surface area contributed by atoms with Crippen molar-refractivity contribution in [2.45, 2.75) is 32.6 Å². The van der Waals surface area contributed by atoms with E-state index in [0.717, 1.165) is 30.7 Å². The number of rotatable bonds is 8. The van der Waals surface area contributed by atoms with Crippen LogP contribution < -0.4 is 9.64 Å². The normalized spacial score (nSPS) is 15.5. The Kier molecular flexibility index (Phi) is 8.42. The van der Waals surface area contributed by atoms with E-state index in [0.29, 0.717) is 32.6 Å². The Balaban J connectivity index is 1.84. The summed E-state index contributed by atoms with van der Waals surface area (Å²) in [7, 11) is -1.92. The third kappa shape index (κ3) is 6.73. The summed E-state index contributed by atoms with van der Waals surface area (Å²) in [5, 5.41) is 9.87. The molecule has 0 aliphatic carbocycles. The van der Waals surface area contributed by atoms with Crippen LogP contribution in [0.15, 0.2) is 24.3 Å². The van der Waals surface area contributed by atoms with Crippen LogP contribution in [0.25, 0.3) is 0 Å². The molecule has 0 aromatic heterocycles. The van der Waals surface area contributed by atoms with E-state index >= 15 is 0 Å². The summed E-state index contributed by atoms with van der Waals surface area (Å²) in [6.07, 6.45) is 3.57. The Bertz CT molecular complexity index is 729. The zero-order valence-corrected chi connectivity index (χ0v) is 17.0. The van der Waals surface area contributed by atoms with Crippen molar-refractivity contribution in [3.8, 4) is 17.6 Å². The monoisotopic (exact) mass is 393 g/mol. The fourth-order valence-corrected chi connectivity index (χ4v) is 4.27. The van der Waals surface area contributed by atoms with Crippen LogP contribution in [-0.4, -0.2) is 56.9 Å². The smallest absolute Gasteiger partial charge is 0.218 e. The van der Waals surface area contributed by atoms with Gasteiger partial charge in [0, 0.05) is 38.3 Å². The van der Waals surface area contributed by atoms with Gasteiger partial charge in [0.15, 0.2) is 6.10 Å². The number of unbranched alkanes of at least 4 members (excludes halogenated alkanes) is 3. The molecule has 1 fully saturated rings. The summed E-state index contributed by atoms with van der Waals surface area (Å²) in [6, 6.07) is 7.72. The summed E-state index contributed by atoms with van der Waals surface area (Å²) >= 11 is 0. The van der Waals surface area contributed by atoms with Crippen molar-refractivity contribution >= 4 is 15.7 Å². The lowest BCUT2D eigenvalue weighted by molar-refractivity contribution is 0.343. The summed E-state index contributed by atoms with van der Waals surface area (Å²) in [4.78, 5) is 2.14. The number of aliphatic hydroxyl groups excluding tert-OH is 1. The summed E-state index contributed by atoms with van der Waals surface area (Å²) in [5.41, 5.74) is 1.04. The van der Waals surface area contributed by atoms with Gasteiger partial charge >= 0.3 is 0 Å². The molecule has 0 amide bonds. The Morgan fingerprint density at radius 2 is 1.81 bits per heavy atom. The van der Waals surface area contributed by atoms with Gasteiger partial charge in [0.05, 0.1) is 7.11 Å². The van der Waals surface area contributed by atoms with Crippen molar-refractivity contribution < 1.29 is 18.3 Å². The lowest BCUT2D eigenvalue weighted by Gasteiger charge is -2.35. The molecule has 1 saturated heterocycles. The van der Waals surface area contributed by atoms with E-state index < -0.39 is 15.8 Å². The van der Waals surface area contributed by atoms with Crippen molar-refractivity contribution in [2.75, 3.05) is 43.9 Å². The number of anilines is 1. The SMILES string of the molecule is CCCCCC#C[C](O)CS(=O)(=O)N1CCN(c2ccc(OC)cc2)CC1. The van der Waals surface area contributed by atoms with Crippen LogP contribution in [0.1, 0.15) is 32.6 Å². The Hall–Kier alpha value is -1.75. The van der Waals surface area contributed by atoms with Gasteiger partial charge in [-0.05, 0) is 30.7 Å². The van der Waals surface area contributed by atoms with Gasteiger partial charge in [0.1, 0.15) is 11.5 Å². The molecule has 1 aliphatic rings. The molecule has 7 heteroatoms. The van der Waals surface area contributed by atoms with Crippen LogP contribution in [0.4, 0.5) is 5.69 Å². The van der Waals surface area contributed by atoms with Crippen molar-refractivity contribution in [3.05, 3.63) is 30.4 Å². The van der Waals surface area contributed by atoms with Crippen molar-refractivity contribution in [2.24, 2.45) is 0 Å². The molecule has 0 unspecified atom stereocenters. The van der Waals surface area contributed by atoms with Gasteiger partial charge in [0.2, 0.25) is 10.0 Å². The molecule has 1 aliphatic heterocycles. The topological polar surface area (TPSA) is 70.1 Å². The molecular weight excluding hydrogens is 364 g/mol. The lowest BCUT2D eigenvalue weighted by atomic mass is 10.2. The van der Waals surface area contributed by atoms with Gasteiger partial charge in [-0.25, -0.2) is 8.42 Å². The first-order chi connectivity index (χ1) is 13.0. The standard InChI is InChI=1S/C20H29N2O4S/c1-3-4-5-6-7-8-19(23)17-27(24,25)22-15-13-21(14-16-22)18-9-11-20(26-2)12-10-18/h9-12,23H,3-6,13-17H2,1-2H3. The van der Waals surface area contributed by atoms with Gasteiger partial charge in [-0.15, -0.1) is 5.92 Å². The molecule has 27 heavy (non-hydrogen) atoms. The quantitative estimate of drug-likeness (QED) is 0.543. The van der Waals surface area contributed by atoms with Crippen molar-refractivity contribution in [1.29, 1.82) is 0 Å². The molecule has 1 aromatic carbocycles. The number of ether oxygens (including phenoxy) is 1. The van der Waals surface area contributed by atoms with Crippen molar-refractivity contribution in [3.63, 3.8) is 0 Å². The molecule has 6 nitrogen and oxygen atoms in total. The van der Waals surface area contributed by atoms with Crippen LogP contribution in [0, 0.1) is 17.9 Å². The molecular formula is C20H29N2O4S. The van der Waals surface area contributed by atoms with E-state index in [-0.39, 0.29) is 6.10 Å². The predicted molar refractivity (Wildman–Crippen MR) is 108 cm³/mol. The van der Waals surface area contributed by atoms with E-state index in [1.165, 1.54) is 4.31 Å². The predicted octanol–water partition coefficient (Wildman–Crippen LogP) is 2.64. The fraction of sp³-hybridized carbons (Fsp3) is 0.550. The number of sulfonamides is 1. The first kappa shape index (κ1) is 21.5. The van der Waals surface area contributed by atoms with Crippen molar-refractivity contribution in [1.82, 2.24) is 4.31 Å². The third-order valence-electron chi connectivity index (χ3n) is 4.53. The molecule has 0 saturated carbocycles. The highest BCUT2D eigenvalue weighted by molar-refractivity contribution is 7.89. The molecule has 2 rings (SSSR count). The van der Waals surface area contributed by atoms with Crippen LogP contribution in [-0.2, 0) is 10.0 Å². The first-order valence-corrected chi connectivity index (χ1v) is 11.0. The van der Waals surface area contributed by atoms with E-state index in [4.69, 9.17) is 4.74 Å². The minimum absolute atomic E-state index is 0.274. The second-order valence-corrected chi connectivity index (χ2v) is 8.51. The Morgan fingerprint density at radius 3 is 2.41 bits per heavy atom. The molecule has 1 heterocycles. The number of benzene rings is 1. The number of hydrogen-bond donors (Lipinski definition) is 1. The Morgan fingerprint density at radius 1 is 1.15 bits per heavy atom. The maximum atomic E-state index is 12.5. The van der Waals surface area contributed by atoms with Crippen LogP contribution >= 0.6 is 0 Å². The van der Waals surface area contributed by atoms with Gasteiger partial charge < -0.3 is 14.7 Å².